The number of aromatic nitrogens is 2. The largest absolute Gasteiger partial charge is 0.496 e. The molecule has 6 heteroatoms. The summed E-state index contributed by atoms with van der Waals surface area (Å²) in [5.41, 5.74) is 7.13. The fraction of sp³-hybridized carbons (Fsp3) is 0.167. The quantitative estimate of drug-likeness (QED) is 0.942. The van der Waals surface area contributed by atoms with Crippen LogP contribution in [0.2, 0.25) is 0 Å². The highest BCUT2D eigenvalue weighted by Gasteiger charge is 2.08. The van der Waals surface area contributed by atoms with Gasteiger partial charge in [-0.1, -0.05) is 0 Å². The lowest BCUT2D eigenvalue weighted by Gasteiger charge is -2.08. The monoisotopic (exact) mass is 306 g/mol. The molecule has 0 aliphatic rings. The summed E-state index contributed by atoms with van der Waals surface area (Å²) in [6, 6.07) is 7.38. The van der Waals surface area contributed by atoms with Gasteiger partial charge in [0.05, 0.1) is 29.8 Å². The lowest BCUT2D eigenvalue weighted by molar-refractivity contribution is 0.407. The Morgan fingerprint density at radius 2 is 2.33 bits per heavy atom. The Labute approximate surface area is 113 Å². The molecule has 0 saturated heterocycles. The molecule has 1 heterocycles. The molecule has 92 valence electrons. The zero-order valence-corrected chi connectivity index (χ0v) is 11.3. The van der Waals surface area contributed by atoms with Crippen molar-refractivity contribution in [2.45, 2.75) is 6.54 Å². The van der Waals surface area contributed by atoms with Gasteiger partial charge >= 0.3 is 0 Å². The molecule has 0 unspecified atom stereocenters. The minimum Gasteiger partial charge on any atom is -0.496 e. The molecular weight excluding hydrogens is 296 g/mol. The molecule has 0 fully saturated rings. The molecule has 0 aliphatic heterocycles. The molecule has 1 aromatic carbocycles. The van der Waals surface area contributed by atoms with Gasteiger partial charge in [0.15, 0.2) is 5.82 Å². The molecule has 0 atom stereocenters. The third-order valence-corrected chi connectivity index (χ3v) is 3.10. The number of nitrogen functional groups attached to an aromatic ring is 1. The van der Waals surface area contributed by atoms with Gasteiger partial charge in [0.2, 0.25) is 0 Å². The summed E-state index contributed by atoms with van der Waals surface area (Å²) in [6.07, 6.45) is 1.79. The highest BCUT2D eigenvalue weighted by molar-refractivity contribution is 9.10. The van der Waals surface area contributed by atoms with Crippen LogP contribution in [0.5, 0.6) is 5.75 Å². The second-order valence-corrected chi connectivity index (χ2v) is 4.55. The second kappa shape index (κ2) is 5.10. The molecule has 1 aromatic heterocycles. The zero-order chi connectivity index (χ0) is 13.1. The van der Waals surface area contributed by atoms with Gasteiger partial charge in [-0.15, -0.1) is 0 Å². The maximum atomic E-state index is 8.90. The first-order valence-corrected chi connectivity index (χ1v) is 5.98. The molecule has 0 aliphatic carbocycles. The van der Waals surface area contributed by atoms with Crippen molar-refractivity contribution in [3.63, 3.8) is 0 Å². The Kier molecular flexibility index (Phi) is 3.53. The lowest BCUT2D eigenvalue weighted by atomic mass is 10.1. The minimum absolute atomic E-state index is 0.436. The molecule has 0 spiro atoms. The smallest absolute Gasteiger partial charge is 0.159 e. The van der Waals surface area contributed by atoms with E-state index in [1.807, 2.05) is 0 Å². The summed E-state index contributed by atoms with van der Waals surface area (Å²) in [5.74, 6) is 1.16. The number of anilines is 1. The van der Waals surface area contributed by atoms with Gasteiger partial charge in [-0.2, -0.15) is 10.4 Å². The molecular formula is C12H11BrN4O. The molecule has 0 bridgehead atoms. The first kappa shape index (κ1) is 12.5. The molecule has 5 nitrogen and oxygen atoms in total. The van der Waals surface area contributed by atoms with Crippen molar-refractivity contribution in [3.8, 4) is 11.8 Å². The molecule has 2 rings (SSSR count). The van der Waals surface area contributed by atoms with E-state index in [0.717, 1.165) is 15.8 Å². The van der Waals surface area contributed by atoms with Crippen LogP contribution in [0.4, 0.5) is 5.82 Å². The van der Waals surface area contributed by atoms with Crippen LogP contribution in [0.1, 0.15) is 11.1 Å². The van der Waals surface area contributed by atoms with Crippen LogP contribution in [0, 0.1) is 11.3 Å². The van der Waals surface area contributed by atoms with E-state index in [-0.39, 0.29) is 0 Å². The van der Waals surface area contributed by atoms with Crippen molar-refractivity contribution >= 4 is 21.7 Å². The third-order valence-electron chi connectivity index (χ3n) is 2.49. The number of rotatable bonds is 3. The van der Waals surface area contributed by atoms with Gasteiger partial charge in [0.1, 0.15) is 5.75 Å². The highest BCUT2D eigenvalue weighted by atomic mass is 79.9. The first-order valence-electron chi connectivity index (χ1n) is 5.19. The number of nitrogens with two attached hydrogens (primary N) is 1. The third kappa shape index (κ3) is 2.46. The van der Waals surface area contributed by atoms with E-state index in [1.165, 1.54) is 0 Å². The summed E-state index contributed by atoms with van der Waals surface area (Å²) in [4.78, 5) is 0. The van der Waals surface area contributed by atoms with Crippen molar-refractivity contribution in [1.29, 1.82) is 5.26 Å². The lowest BCUT2D eigenvalue weighted by Crippen LogP contribution is -2.03. The summed E-state index contributed by atoms with van der Waals surface area (Å²) >= 11 is 3.30. The van der Waals surface area contributed by atoms with Crippen molar-refractivity contribution in [2.75, 3.05) is 12.8 Å². The number of hydrogen-bond donors (Lipinski definition) is 1. The summed E-state index contributed by atoms with van der Waals surface area (Å²) in [5, 5.41) is 13.0. The fourth-order valence-electron chi connectivity index (χ4n) is 1.64. The molecule has 18 heavy (non-hydrogen) atoms. The number of hydrogen-bond acceptors (Lipinski definition) is 4. The molecule has 0 radical (unpaired) electrons. The van der Waals surface area contributed by atoms with Crippen LogP contribution in [-0.4, -0.2) is 16.9 Å². The zero-order valence-electron chi connectivity index (χ0n) is 9.72. The van der Waals surface area contributed by atoms with Gasteiger partial charge in [-0.3, -0.25) is 4.68 Å². The normalized spacial score (nSPS) is 10.1. The summed E-state index contributed by atoms with van der Waals surface area (Å²) in [6.45, 7) is 0.495. The van der Waals surface area contributed by atoms with Gasteiger partial charge in [0.25, 0.3) is 0 Å². The van der Waals surface area contributed by atoms with Crippen molar-refractivity contribution in [3.05, 3.63) is 40.0 Å². The van der Waals surface area contributed by atoms with E-state index < -0.39 is 0 Å². The Bertz CT molecular complexity index is 596. The van der Waals surface area contributed by atoms with E-state index in [4.69, 9.17) is 15.7 Å². The molecule has 0 saturated carbocycles. The minimum atomic E-state index is 0.436. The SMILES string of the molecule is COc1ccc(C#N)cc1Cn1cc(Br)c(N)n1. The Balaban J connectivity index is 2.35. The Morgan fingerprint density at radius 1 is 1.56 bits per heavy atom. The average Bonchev–Trinajstić information content (AvgIpc) is 2.68. The first-order chi connectivity index (χ1) is 8.63. The number of benzene rings is 1. The predicted octanol–water partition coefficient (Wildman–Crippen LogP) is 2.16. The van der Waals surface area contributed by atoms with Crippen LogP contribution >= 0.6 is 15.9 Å². The Hall–Kier alpha value is -2.00. The number of halogens is 1. The fourth-order valence-corrected chi connectivity index (χ4v) is 1.95. The average molecular weight is 307 g/mol. The van der Waals surface area contributed by atoms with Gasteiger partial charge in [-0.05, 0) is 34.1 Å². The maximum Gasteiger partial charge on any atom is 0.159 e. The van der Waals surface area contributed by atoms with E-state index in [9.17, 15) is 0 Å². The van der Waals surface area contributed by atoms with E-state index in [0.29, 0.717) is 17.9 Å². The van der Waals surface area contributed by atoms with E-state index >= 15 is 0 Å². The van der Waals surface area contributed by atoms with Crippen molar-refractivity contribution < 1.29 is 4.74 Å². The summed E-state index contributed by atoms with van der Waals surface area (Å²) < 4.78 is 7.70. The topological polar surface area (TPSA) is 76.9 Å². The van der Waals surface area contributed by atoms with Crippen molar-refractivity contribution in [2.24, 2.45) is 0 Å². The van der Waals surface area contributed by atoms with Gasteiger partial charge < -0.3 is 10.5 Å². The van der Waals surface area contributed by atoms with Gasteiger partial charge in [0, 0.05) is 11.8 Å². The highest BCUT2D eigenvalue weighted by Crippen LogP contribution is 2.22. The number of ether oxygens (including phenoxy) is 1. The predicted molar refractivity (Wildman–Crippen MR) is 71.2 cm³/mol. The second-order valence-electron chi connectivity index (χ2n) is 3.70. The van der Waals surface area contributed by atoms with Crippen molar-refractivity contribution in [1.82, 2.24) is 9.78 Å². The summed E-state index contributed by atoms with van der Waals surface area (Å²) in [7, 11) is 1.60. The van der Waals surface area contributed by atoms with Crippen LogP contribution in [-0.2, 0) is 6.54 Å². The number of methoxy groups -OCH3 is 1. The molecule has 2 N–H and O–H groups in total. The van der Waals surface area contributed by atoms with Crippen LogP contribution in [0.3, 0.4) is 0 Å². The Morgan fingerprint density at radius 3 is 2.89 bits per heavy atom. The standard InChI is InChI=1S/C12H11BrN4O/c1-18-11-3-2-8(5-14)4-9(11)6-17-7-10(13)12(15)16-17/h2-4,7H,6H2,1H3,(H2,15,16). The molecule has 2 aromatic rings. The number of nitriles is 1. The maximum absolute atomic E-state index is 8.90. The van der Waals surface area contributed by atoms with Crippen LogP contribution < -0.4 is 10.5 Å². The van der Waals surface area contributed by atoms with E-state index in [2.05, 4.69) is 27.1 Å². The molecule has 0 amide bonds. The number of nitrogens with zero attached hydrogens (tertiary/aromatic N) is 3. The van der Waals surface area contributed by atoms with E-state index in [1.54, 1.807) is 36.2 Å². The van der Waals surface area contributed by atoms with Crippen LogP contribution in [0.15, 0.2) is 28.9 Å². The van der Waals surface area contributed by atoms with Crippen LogP contribution in [0.25, 0.3) is 0 Å². The van der Waals surface area contributed by atoms with Gasteiger partial charge in [-0.25, -0.2) is 0 Å².